The summed E-state index contributed by atoms with van der Waals surface area (Å²) in [6.07, 6.45) is 4.00. The van der Waals surface area contributed by atoms with Crippen molar-refractivity contribution in [2.45, 2.75) is 46.1 Å². The Bertz CT molecular complexity index is 509. The predicted octanol–water partition coefficient (Wildman–Crippen LogP) is 2.62. The van der Waals surface area contributed by atoms with Crippen LogP contribution in [0.15, 0.2) is 6.07 Å². The fraction of sp³-hybridized carbons (Fsp3) is 0.625. The van der Waals surface area contributed by atoms with Gasteiger partial charge in [0.25, 0.3) is 0 Å². The number of anilines is 1. The third-order valence-electron chi connectivity index (χ3n) is 3.96. The maximum Gasteiger partial charge on any atom is 0.107 e. The monoisotopic (exact) mass is 306 g/mol. The molecule has 116 valence electrons. The molecule has 5 heteroatoms. The molecule has 0 bridgehead atoms. The van der Waals surface area contributed by atoms with Gasteiger partial charge in [-0.2, -0.15) is 0 Å². The van der Waals surface area contributed by atoms with Crippen molar-refractivity contribution in [1.82, 2.24) is 9.88 Å². The van der Waals surface area contributed by atoms with Gasteiger partial charge in [-0.15, -0.1) is 0 Å². The zero-order valence-corrected chi connectivity index (χ0v) is 14.1. The van der Waals surface area contributed by atoms with Gasteiger partial charge in [-0.25, -0.2) is 0 Å². The van der Waals surface area contributed by atoms with E-state index in [9.17, 15) is 0 Å². The molecule has 2 heterocycles. The summed E-state index contributed by atoms with van der Waals surface area (Å²) in [7, 11) is 0. The van der Waals surface area contributed by atoms with Crippen molar-refractivity contribution in [3.63, 3.8) is 0 Å². The number of pyridine rings is 1. The van der Waals surface area contributed by atoms with Crippen LogP contribution in [0, 0.1) is 13.8 Å². The second-order valence-electron chi connectivity index (χ2n) is 6.04. The molecule has 3 N–H and O–H groups in total. The molecule has 2 rings (SSSR count). The van der Waals surface area contributed by atoms with Gasteiger partial charge < -0.3 is 16.0 Å². The Morgan fingerprint density at radius 2 is 2.05 bits per heavy atom. The summed E-state index contributed by atoms with van der Waals surface area (Å²) in [5.41, 5.74) is 9.64. The van der Waals surface area contributed by atoms with E-state index in [2.05, 4.69) is 22.1 Å². The summed E-state index contributed by atoms with van der Waals surface area (Å²) in [6, 6.07) is 2.39. The topological polar surface area (TPSA) is 54.2 Å². The molecule has 21 heavy (non-hydrogen) atoms. The number of nitrogens with zero attached hydrogens (tertiary/aromatic N) is 2. The standard InChI is InChI=1S/C16H26N4S/c1-11-9-14(15(16(17)21)13(3)18-11)19-12(2)10-20-7-5-4-6-8-20/h9,12H,4-8,10H2,1-3H3,(H2,17,21)(H,18,19). The minimum atomic E-state index is 0.359. The van der Waals surface area contributed by atoms with Crippen LogP contribution in [0.25, 0.3) is 0 Å². The van der Waals surface area contributed by atoms with Crippen LogP contribution in [0.2, 0.25) is 0 Å². The number of hydrogen-bond acceptors (Lipinski definition) is 4. The fourth-order valence-corrected chi connectivity index (χ4v) is 3.35. The van der Waals surface area contributed by atoms with Crippen molar-refractivity contribution in [3.05, 3.63) is 23.0 Å². The van der Waals surface area contributed by atoms with Gasteiger partial charge in [0, 0.05) is 29.7 Å². The Labute approximate surface area is 133 Å². The van der Waals surface area contributed by atoms with Crippen molar-refractivity contribution in [1.29, 1.82) is 0 Å². The Hall–Kier alpha value is -1.20. The average Bonchev–Trinajstić information content (AvgIpc) is 2.38. The number of thiocarbonyl (C=S) groups is 1. The second kappa shape index (κ2) is 7.18. The molecule has 1 aliphatic rings. The summed E-state index contributed by atoms with van der Waals surface area (Å²) < 4.78 is 0. The number of hydrogen-bond donors (Lipinski definition) is 2. The lowest BCUT2D eigenvalue weighted by Crippen LogP contribution is -2.38. The number of nitrogens with two attached hydrogens (primary N) is 1. The first-order valence-electron chi connectivity index (χ1n) is 7.74. The molecule has 1 aliphatic heterocycles. The zero-order valence-electron chi connectivity index (χ0n) is 13.3. The van der Waals surface area contributed by atoms with E-state index in [0.29, 0.717) is 11.0 Å². The molecule has 1 saturated heterocycles. The largest absolute Gasteiger partial charge is 0.389 e. The lowest BCUT2D eigenvalue weighted by molar-refractivity contribution is 0.223. The van der Waals surface area contributed by atoms with Gasteiger partial charge in [0.15, 0.2) is 0 Å². The van der Waals surface area contributed by atoms with Gasteiger partial charge in [0.05, 0.1) is 5.56 Å². The molecule has 0 aromatic carbocycles. The summed E-state index contributed by atoms with van der Waals surface area (Å²) in [5, 5.41) is 3.57. The predicted molar refractivity (Wildman–Crippen MR) is 93.0 cm³/mol. The number of nitrogens with one attached hydrogen (secondary N) is 1. The number of rotatable bonds is 5. The molecular formula is C16H26N4S. The average molecular weight is 306 g/mol. The molecular weight excluding hydrogens is 280 g/mol. The molecule has 0 spiro atoms. The summed E-state index contributed by atoms with van der Waals surface area (Å²) >= 11 is 5.18. The Kier molecular flexibility index (Phi) is 5.53. The third kappa shape index (κ3) is 4.38. The molecule has 1 fully saturated rings. The van der Waals surface area contributed by atoms with Crippen LogP contribution in [0.3, 0.4) is 0 Å². The minimum absolute atomic E-state index is 0.359. The van der Waals surface area contributed by atoms with Crippen LogP contribution in [-0.4, -0.2) is 40.5 Å². The Balaban J connectivity index is 2.08. The van der Waals surface area contributed by atoms with E-state index in [0.717, 1.165) is 29.2 Å². The van der Waals surface area contributed by atoms with E-state index in [1.54, 1.807) is 0 Å². The van der Waals surface area contributed by atoms with Crippen molar-refractivity contribution >= 4 is 22.9 Å². The molecule has 0 saturated carbocycles. The van der Waals surface area contributed by atoms with Crippen LogP contribution in [0.4, 0.5) is 5.69 Å². The lowest BCUT2D eigenvalue weighted by Gasteiger charge is -2.30. The van der Waals surface area contributed by atoms with E-state index in [-0.39, 0.29) is 0 Å². The third-order valence-corrected chi connectivity index (χ3v) is 4.16. The van der Waals surface area contributed by atoms with Gasteiger partial charge >= 0.3 is 0 Å². The van der Waals surface area contributed by atoms with Crippen LogP contribution in [-0.2, 0) is 0 Å². The van der Waals surface area contributed by atoms with Gasteiger partial charge in [0.2, 0.25) is 0 Å². The highest BCUT2D eigenvalue weighted by Gasteiger charge is 2.16. The SMILES string of the molecule is Cc1cc(NC(C)CN2CCCCC2)c(C(N)=S)c(C)n1. The second-order valence-corrected chi connectivity index (χ2v) is 6.48. The first-order chi connectivity index (χ1) is 9.97. The minimum Gasteiger partial charge on any atom is -0.389 e. The highest BCUT2D eigenvalue weighted by Crippen LogP contribution is 2.21. The van der Waals surface area contributed by atoms with Gasteiger partial charge in [-0.1, -0.05) is 18.6 Å². The molecule has 1 atom stereocenters. The van der Waals surface area contributed by atoms with E-state index < -0.39 is 0 Å². The number of aryl methyl sites for hydroxylation is 2. The molecule has 4 nitrogen and oxygen atoms in total. The number of piperidine rings is 1. The molecule has 0 amide bonds. The van der Waals surface area contributed by atoms with Gasteiger partial charge in [-0.05, 0) is 52.8 Å². The molecule has 0 aliphatic carbocycles. The highest BCUT2D eigenvalue weighted by atomic mass is 32.1. The maximum atomic E-state index is 5.87. The molecule has 0 radical (unpaired) electrons. The summed E-state index contributed by atoms with van der Waals surface area (Å²) in [5.74, 6) is 0. The quantitative estimate of drug-likeness (QED) is 0.819. The van der Waals surface area contributed by atoms with Crippen molar-refractivity contribution in [2.24, 2.45) is 5.73 Å². The molecule has 1 unspecified atom stereocenters. The van der Waals surface area contributed by atoms with E-state index in [4.69, 9.17) is 18.0 Å². The van der Waals surface area contributed by atoms with Gasteiger partial charge in [-0.3, -0.25) is 4.98 Å². The normalized spacial score (nSPS) is 17.5. The smallest absolute Gasteiger partial charge is 0.107 e. The van der Waals surface area contributed by atoms with Crippen LogP contribution >= 0.6 is 12.2 Å². The fourth-order valence-electron chi connectivity index (χ4n) is 3.09. The first kappa shape index (κ1) is 16.2. The van der Waals surface area contributed by atoms with E-state index >= 15 is 0 Å². The van der Waals surface area contributed by atoms with Crippen molar-refractivity contribution in [3.8, 4) is 0 Å². The Morgan fingerprint density at radius 1 is 1.38 bits per heavy atom. The van der Waals surface area contributed by atoms with Crippen molar-refractivity contribution in [2.75, 3.05) is 25.0 Å². The summed E-state index contributed by atoms with van der Waals surface area (Å²) in [6.45, 7) is 9.64. The highest BCUT2D eigenvalue weighted by molar-refractivity contribution is 7.80. The Morgan fingerprint density at radius 3 is 2.67 bits per heavy atom. The van der Waals surface area contributed by atoms with Crippen LogP contribution < -0.4 is 11.1 Å². The van der Waals surface area contributed by atoms with Crippen LogP contribution in [0.5, 0.6) is 0 Å². The molecule has 1 aromatic rings. The lowest BCUT2D eigenvalue weighted by atomic mass is 10.1. The first-order valence-corrected chi connectivity index (χ1v) is 8.15. The van der Waals surface area contributed by atoms with Crippen molar-refractivity contribution < 1.29 is 0 Å². The van der Waals surface area contributed by atoms with E-state index in [1.807, 2.05) is 19.9 Å². The summed E-state index contributed by atoms with van der Waals surface area (Å²) in [4.78, 5) is 7.40. The molecule has 1 aromatic heterocycles. The maximum absolute atomic E-state index is 5.87. The van der Waals surface area contributed by atoms with Gasteiger partial charge in [0.1, 0.15) is 4.99 Å². The number of aromatic nitrogens is 1. The van der Waals surface area contributed by atoms with Crippen LogP contribution in [0.1, 0.15) is 43.1 Å². The zero-order chi connectivity index (χ0) is 15.4. The number of likely N-dealkylation sites (tertiary alicyclic amines) is 1. The van der Waals surface area contributed by atoms with E-state index in [1.165, 1.54) is 32.4 Å².